The first-order valence-corrected chi connectivity index (χ1v) is 8.98. The minimum atomic E-state index is -0.710. The van der Waals surface area contributed by atoms with E-state index in [0.29, 0.717) is 28.5 Å². The predicted octanol–water partition coefficient (Wildman–Crippen LogP) is 4.69. The van der Waals surface area contributed by atoms with E-state index in [1.165, 1.54) is 12.4 Å². The highest BCUT2D eigenvalue weighted by molar-refractivity contribution is 6.39. The van der Waals surface area contributed by atoms with E-state index in [9.17, 15) is 4.79 Å². The van der Waals surface area contributed by atoms with Crippen LogP contribution < -0.4 is 19.5 Å². The molecule has 2 heterocycles. The Morgan fingerprint density at radius 2 is 1.81 bits per heavy atom. The van der Waals surface area contributed by atoms with Gasteiger partial charge >= 0.3 is 0 Å². The summed E-state index contributed by atoms with van der Waals surface area (Å²) < 4.78 is 17.5. The predicted molar refractivity (Wildman–Crippen MR) is 97.7 cm³/mol. The maximum absolute atomic E-state index is 12.9. The summed E-state index contributed by atoms with van der Waals surface area (Å²) in [5.41, 5.74) is 0.626. The molecule has 1 aliphatic heterocycles. The van der Waals surface area contributed by atoms with Crippen LogP contribution in [-0.4, -0.2) is 23.8 Å². The van der Waals surface area contributed by atoms with Gasteiger partial charge in [0, 0.05) is 25.2 Å². The van der Waals surface area contributed by atoms with Crippen LogP contribution in [0, 0.1) is 0 Å². The smallest absolute Gasteiger partial charge is 0.259 e. The molecule has 8 heteroatoms. The molecule has 2 aliphatic rings. The third-order valence-electron chi connectivity index (χ3n) is 4.57. The molecule has 0 bridgehead atoms. The monoisotopic (exact) mass is 394 g/mol. The van der Waals surface area contributed by atoms with Gasteiger partial charge in [-0.2, -0.15) is 0 Å². The fourth-order valence-corrected chi connectivity index (χ4v) is 3.76. The summed E-state index contributed by atoms with van der Waals surface area (Å²) in [7, 11) is 1.55. The fourth-order valence-electron chi connectivity index (χ4n) is 3.30. The molecule has 1 aromatic carbocycles. The summed E-state index contributed by atoms with van der Waals surface area (Å²) in [6.45, 7) is 0. The summed E-state index contributed by atoms with van der Waals surface area (Å²) in [5, 5.41) is 3.22. The summed E-state index contributed by atoms with van der Waals surface area (Å²) in [6.07, 6.45) is 6.39. The van der Waals surface area contributed by atoms with E-state index in [2.05, 4.69) is 10.3 Å². The Kier molecular flexibility index (Phi) is 4.32. The fraction of sp³-hybridized carbons (Fsp3) is 0.333. The van der Waals surface area contributed by atoms with Gasteiger partial charge in [-0.25, -0.2) is 0 Å². The van der Waals surface area contributed by atoms with Crippen molar-refractivity contribution >= 4 is 34.8 Å². The highest BCUT2D eigenvalue weighted by Gasteiger charge is 2.47. The first-order valence-electron chi connectivity index (χ1n) is 8.22. The first kappa shape index (κ1) is 17.2. The lowest BCUT2D eigenvalue weighted by Gasteiger charge is -2.21. The van der Waals surface area contributed by atoms with Crippen LogP contribution in [0.15, 0.2) is 24.5 Å². The number of aromatic nitrogens is 1. The van der Waals surface area contributed by atoms with E-state index < -0.39 is 11.7 Å². The second-order valence-corrected chi connectivity index (χ2v) is 7.04. The lowest BCUT2D eigenvalue weighted by atomic mass is 10.1. The van der Waals surface area contributed by atoms with Crippen LogP contribution in [0.25, 0.3) is 0 Å². The zero-order valence-corrected chi connectivity index (χ0v) is 15.5. The SMILES string of the molecule is COc1ccc(C(=O)Nc2c(Cl)cncc2Cl)c2c1OC1(CCCC1)O2. The molecule has 26 heavy (non-hydrogen) atoms. The van der Waals surface area contributed by atoms with Gasteiger partial charge in [0.25, 0.3) is 11.7 Å². The molecular formula is C18H16Cl2N2O4. The van der Waals surface area contributed by atoms with Gasteiger partial charge in [0.05, 0.1) is 28.4 Å². The largest absolute Gasteiger partial charge is 0.493 e. The van der Waals surface area contributed by atoms with Crippen molar-refractivity contribution < 1.29 is 19.0 Å². The molecule has 4 rings (SSSR count). The zero-order valence-electron chi connectivity index (χ0n) is 14.0. The molecule has 1 aromatic heterocycles. The van der Waals surface area contributed by atoms with Gasteiger partial charge < -0.3 is 19.5 Å². The Hall–Kier alpha value is -2.18. The van der Waals surface area contributed by atoms with Crippen molar-refractivity contribution in [2.75, 3.05) is 12.4 Å². The zero-order chi connectivity index (χ0) is 18.3. The van der Waals surface area contributed by atoms with E-state index >= 15 is 0 Å². The van der Waals surface area contributed by atoms with Crippen LogP contribution in [0.4, 0.5) is 5.69 Å². The third-order valence-corrected chi connectivity index (χ3v) is 5.15. The summed E-state index contributed by atoms with van der Waals surface area (Å²) >= 11 is 12.2. The molecule has 0 atom stereocenters. The molecule has 0 radical (unpaired) electrons. The average Bonchev–Trinajstić information content (AvgIpc) is 3.23. The molecule has 1 saturated carbocycles. The molecule has 1 amide bonds. The van der Waals surface area contributed by atoms with Crippen LogP contribution in [-0.2, 0) is 0 Å². The van der Waals surface area contributed by atoms with E-state index in [-0.39, 0.29) is 10.0 Å². The third kappa shape index (κ3) is 2.83. The maximum Gasteiger partial charge on any atom is 0.259 e. The van der Waals surface area contributed by atoms with Crippen molar-refractivity contribution in [3.8, 4) is 17.2 Å². The minimum absolute atomic E-state index is 0.250. The second kappa shape index (κ2) is 6.52. The van der Waals surface area contributed by atoms with Gasteiger partial charge in [-0.1, -0.05) is 23.2 Å². The number of nitrogens with one attached hydrogen (secondary N) is 1. The van der Waals surface area contributed by atoms with Crippen molar-refractivity contribution in [2.45, 2.75) is 31.5 Å². The average molecular weight is 395 g/mol. The number of halogens is 2. The Bertz CT molecular complexity index is 861. The topological polar surface area (TPSA) is 69.7 Å². The number of carbonyl (C=O) groups is 1. The van der Waals surface area contributed by atoms with Gasteiger partial charge in [-0.05, 0) is 25.0 Å². The number of nitrogens with zero attached hydrogens (tertiary/aromatic N) is 1. The van der Waals surface area contributed by atoms with E-state index in [1.807, 2.05) is 0 Å². The molecule has 1 N–H and O–H groups in total. The highest BCUT2D eigenvalue weighted by atomic mass is 35.5. The number of hydrogen-bond donors (Lipinski definition) is 1. The van der Waals surface area contributed by atoms with E-state index in [4.69, 9.17) is 37.4 Å². The maximum atomic E-state index is 12.9. The molecule has 0 saturated heterocycles. The van der Waals surface area contributed by atoms with E-state index in [1.54, 1.807) is 19.2 Å². The number of rotatable bonds is 3. The first-order chi connectivity index (χ1) is 12.5. The Morgan fingerprint density at radius 3 is 2.46 bits per heavy atom. The van der Waals surface area contributed by atoms with Crippen molar-refractivity contribution in [1.82, 2.24) is 4.98 Å². The van der Waals surface area contributed by atoms with E-state index in [0.717, 1.165) is 25.7 Å². The van der Waals surface area contributed by atoms with Crippen molar-refractivity contribution in [2.24, 2.45) is 0 Å². The molecule has 1 aliphatic carbocycles. The van der Waals surface area contributed by atoms with Gasteiger partial charge in [0.15, 0.2) is 11.5 Å². The Labute approximate surface area is 160 Å². The number of ether oxygens (including phenoxy) is 3. The number of anilines is 1. The molecular weight excluding hydrogens is 379 g/mol. The normalized spacial score (nSPS) is 16.7. The van der Waals surface area contributed by atoms with Crippen LogP contribution in [0.1, 0.15) is 36.0 Å². The van der Waals surface area contributed by atoms with Crippen molar-refractivity contribution in [3.63, 3.8) is 0 Å². The second-order valence-electron chi connectivity index (χ2n) is 6.23. The molecule has 6 nitrogen and oxygen atoms in total. The van der Waals surface area contributed by atoms with Crippen LogP contribution in [0.5, 0.6) is 17.2 Å². The van der Waals surface area contributed by atoms with Crippen LogP contribution in [0.2, 0.25) is 10.0 Å². The van der Waals surface area contributed by atoms with Crippen LogP contribution >= 0.6 is 23.2 Å². The molecule has 0 unspecified atom stereocenters. The van der Waals surface area contributed by atoms with Crippen molar-refractivity contribution in [1.29, 1.82) is 0 Å². The molecule has 136 valence electrons. The van der Waals surface area contributed by atoms with Gasteiger partial charge in [0.2, 0.25) is 5.75 Å². The quantitative estimate of drug-likeness (QED) is 0.817. The molecule has 1 spiro atoms. The van der Waals surface area contributed by atoms with Crippen molar-refractivity contribution in [3.05, 3.63) is 40.1 Å². The minimum Gasteiger partial charge on any atom is -0.493 e. The lowest BCUT2D eigenvalue weighted by Crippen LogP contribution is -2.34. The number of hydrogen-bond acceptors (Lipinski definition) is 5. The number of fused-ring (bicyclic) bond motifs is 1. The molecule has 1 fully saturated rings. The summed E-state index contributed by atoms with van der Waals surface area (Å²) in [4.78, 5) is 16.7. The number of benzene rings is 1. The van der Waals surface area contributed by atoms with Crippen LogP contribution in [0.3, 0.4) is 0 Å². The Balaban J connectivity index is 1.70. The summed E-state index contributed by atoms with van der Waals surface area (Å²) in [5.74, 6) is 0.245. The number of carbonyl (C=O) groups excluding carboxylic acids is 1. The number of amides is 1. The van der Waals surface area contributed by atoms with Gasteiger partial charge in [-0.15, -0.1) is 0 Å². The van der Waals surface area contributed by atoms with Gasteiger partial charge in [-0.3, -0.25) is 9.78 Å². The van der Waals surface area contributed by atoms with Gasteiger partial charge in [0.1, 0.15) is 0 Å². The standard InChI is InChI=1S/C18H16Cl2N2O4/c1-24-13-5-4-10(15-16(13)26-18(25-15)6-2-3-7-18)17(23)22-14-11(19)8-21-9-12(14)20/h4-5,8-9H,2-3,6-7H2,1H3,(H,21,22,23). The molecule has 2 aromatic rings. The number of methoxy groups -OCH3 is 1. The number of pyridine rings is 1. The lowest BCUT2D eigenvalue weighted by molar-refractivity contribution is -0.0724. The summed E-state index contributed by atoms with van der Waals surface area (Å²) in [6, 6.07) is 3.31. The highest BCUT2D eigenvalue weighted by Crippen LogP contribution is 2.52. The Morgan fingerprint density at radius 1 is 1.15 bits per heavy atom.